The lowest BCUT2D eigenvalue weighted by Crippen LogP contribution is -2.27. The van der Waals surface area contributed by atoms with Crippen molar-refractivity contribution in [2.45, 2.75) is 19.6 Å². The van der Waals surface area contributed by atoms with E-state index in [4.69, 9.17) is 0 Å². The Morgan fingerprint density at radius 1 is 1.07 bits per heavy atom. The minimum Gasteiger partial charge on any atom is -0.350 e. The van der Waals surface area contributed by atoms with E-state index in [9.17, 15) is 18.0 Å². The highest BCUT2D eigenvalue weighted by molar-refractivity contribution is 5.94. The molecule has 9 heteroatoms. The third-order valence-electron chi connectivity index (χ3n) is 4.74. The van der Waals surface area contributed by atoms with Crippen molar-refractivity contribution in [2.75, 3.05) is 6.54 Å². The molecule has 0 saturated carbocycles. The standard InChI is InChI=1S/C21H18F3N5O/c1-14-26-17-4-2-3-5-18(17)28(14)13-11-25-20(30)15-6-8-16(9-7-15)29-12-10-19(27-29)21(22,23)24/h2-10,12H,11,13H2,1H3,(H,25,30). The number of alkyl halides is 3. The fraction of sp³-hybridized carbons (Fsp3) is 0.190. The third kappa shape index (κ3) is 3.91. The van der Waals surface area contributed by atoms with Gasteiger partial charge in [0.25, 0.3) is 5.91 Å². The molecule has 2 aromatic carbocycles. The number of benzene rings is 2. The maximum atomic E-state index is 12.7. The van der Waals surface area contributed by atoms with Crippen LogP contribution in [-0.4, -0.2) is 31.8 Å². The zero-order valence-electron chi connectivity index (χ0n) is 16.0. The van der Waals surface area contributed by atoms with E-state index >= 15 is 0 Å². The molecular formula is C21H18F3N5O. The number of aromatic nitrogens is 4. The number of halogens is 3. The third-order valence-corrected chi connectivity index (χ3v) is 4.74. The van der Waals surface area contributed by atoms with Crippen LogP contribution in [0.15, 0.2) is 60.8 Å². The van der Waals surface area contributed by atoms with Crippen molar-refractivity contribution < 1.29 is 18.0 Å². The van der Waals surface area contributed by atoms with Crippen LogP contribution >= 0.6 is 0 Å². The molecule has 0 bridgehead atoms. The van der Waals surface area contributed by atoms with Crippen molar-refractivity contribution in [1.82, 2.24) is 24.6 Å². The van der Waals surface area contributed by atoms with Crippen molar-refractivity contribution in [3.05, 3.63) is 77.9 Å². The molecule has 2 heterocycles. The van der Waals surface area contributed by atoms with Crippen LogP contribution in [-0.2, 0) is 12.7 Å². The van der Waals surface area contributed by atoms with Gasteiger partial charge in [0.15, 0.2) is 5.69 Å². The molecule has 0 aliphatic carbocycles. The average Bonchev–Trinajstić information content (AvgIpc) is 3.33. The predicted octanol–water partition coefficient (Wildman–Crippen LogP) is 3.98. The van der Waals surface area contributed by atoms with Crippen LogP contribution in [0.4, 0.5) is 13.2 Å². The van der Waals surface area contributed by atoms with Gasteiger partial charge in [-0.15, -0.1) is 0 Å². The molecule has 0 saturated heterocycles. The highest BCUT2D eigenvalue weighted by Gasteiger charge is 2.33. The maximum Gasteiger partial charge on any atom is 0.435 e. The lowest BCUT2D eigenvalue weighted by molar-refractivity contribution is -0.141. The van der Waals surface area contributed by atoms with Crippen molar-refractivity contribution in [3.63, 3.8) is 0 Å². The number of carbonyl (C=O) groups excluding carboxylic acids is 1. The van der Waals surface area contributed by atoms with Crippen molar-refractivity contribution in [3.8, 4) is 5.69 Å². The number of carbonyl (C=O) groups is 1. The number of fused-ring (bicyclic) bond motifs is 1. The number of nitrogens with zero attached hydrogens (tertiary/aromatic N) is 4. The summed E-state index contributed by atoms with van der Waals surface area (Å²) in [6.45, 7) is 2.90. The Morgan fingerprint density at radius 2 is 1.80 bits per heavy atom. The van der Waals surface area contributed by atoms with E-state index in [-0.39, 0.29) is 5.91 Å². The highest BCUT2D eigenvalue weighted by atomic mass is 19.4. The molecular weight excluding hydrogens is 395 g/mol. The van der Waals surface area contributed by atoms with E-state index in [1.807, 2.05) is 35.8 Å². The summed E-state index contributed by atoms with van der Waals surface area (Å²) in [6.07, 6.45) is -3.26. The van der Waals surface area contributed by atoms with Gasteiger partial charge >= 0.3 is 6.18 Å². The minimum absolute atomic E-state index is 0.264. The molecule has 4 aromatic rings. The molecule has 0 unspecified atom stereocenters. The SMILES string of the molecule is Cc1nc2ccccc2n1CCNC(=O)c1ccc(-n2ccc(C(F)(F)F)n2)cc1. The van der Waals surface area contributed by atoms with Gasteiger partial charge in [-0.05, 0) is 49.4 Å². The van der Waals surface area contributed by atoms with Gasteiger partial charge in [-0.3, -0.25) is 4.79 Å². The van der Waals surface area contributed by atoms with Crippen LogP contribution < -0.4 is 5.32 Å². The molecule has 154 valence electrons. The predicted molar refractivity (Wildman–Crippen MR) is 105 cm³/mol. The van der Waals surface area contributed by atoms with E-state index < -0.39 is 11.9 Å². The number of amides is 1. The van der Waals surface area contributed by atoms with Gasteiger partial charge in [-0.2, -0.15) is 18.3 Å². The number of nitrogens with one attached hydrogen (secondary N) is 1. The Kier molecular flexibility index (Phi) is 5.03. The molecule has 1 amide bonds. The Hall–Kier alpha value is -3.62. The second-order valence-corrected chi connectivity index (χ2v) is 6.75. The van der Waals surface area contributed by atoms with Crippen molar-refractivity contribution >= 4 is 16.9 Å². The second-order valence-electron chi connectivity index (χ2n) is 6.75. The Balaban J connectivity index is 1.39. The van der Waals surface area contributed by atoms with E-state index in [2.05, 4.69) is 15.4 Å². The van der Waals surface area contributed by atoms with E-state index in [0.29, 0.717) is 24.3 Å². The summed E-state index contributed by atoms with van der Waals surface area (Å²) in [5.74, 6) is 0.604. The van der Waals surface area contributed by atoms with Crippen LogP contribution in [0.1, 0.15) is 21.9 Å². The topological polar surface area (TPSA) is 64.7 Å². The molecule has 2 aromatic heterocycles. The number of hydrogen-bond donors (Lipinski definition) is 1. The first-order valence-electron chi connectivity index (χ1n) is 9.26. The second kappa shape index (κ2) is 7.66. The molecule has 0 radical (unpaired) electrons. The Labute approximate surface area is 170 Å². The Bertz CT molecular complexity index is 1190. The fourth-order valence-corrected chi connectivity index (χ4v) is 3.25. The largest absolute Gasteiger partial charge is 0.435 e. The van der Waals surface area contributed by atoms with Crippen LogP contribution in [0, 0.1) is 6.92 Å². The van der Waals surface area contributed by atoms with Crippen LogP contribution in [0.25, 0.3) is 16.7 Å². The monoisotopic (exact) mass is 413 g/mol. The molecule has 0 aliphatic heterocycles. The van der Waals surface area contributed by atoms with Gasteiger partial charge < -0.3 is 9.88 Å². The highest BCUT2D eigenvalue weighted by Crippen LogP contribution is 2.27. The number of para-hydroxylation sites is 2. The number of rotatable bonds is 5. The van der Waals surface area contributed by atoms with E-state index in [1.165, 1.54) is 6.20 Å². The molecule has 4 rings (SSSR count). The summed E-state index contributed by atoms with van der Waals surface area (Å²) in [6, 6.07) is 14.9. The van der Waals surface area contributed by atoms with Crippen molar-refractivity contribution in [1.29, 1.82) is 0 Å². The normalized spacial score (nSPS) is 11.7. The lowest BCUT2D eigenvalue weighted by Gasteiger charge is -2.09. The molecule has 0 atom stereocenters. The molecule has 0 spiro atoms. The summed E-state index contributed by atoms with van der Waals surface area (Å²) in [5, 5.41) is 6.37. The summed E-state index contributed by atoms with van der Waals surface area (Å²) in [5.41, 5.74) is 1.79. The van der Waals surface area contributed by atoms with Crippen LogP contribution in [0.2, 0.25) is 0 Å². The van der Waals surface area contributed by atoms with Crippen molar-refractivity contribution in [2.24, 2.45) is 0 Å². The summed E-state index contributed by atoms with van der Waals surface area (Å²) in [4.78, 5) is 16.9. The van der Waals surface area contributed by atoms with Crippen LogP contribution in [0.5, 0.6) is 0 Å². The van der Waals surface area contributed by atoms with Gasteiger partial charge in [0.1, 0.15) is 5.82 Å². The fourth-order valence-electron chi connectivity index (χ4n) is 3.25. The number of imidazole rings is 1. The smallest absolute Gasteiger partial charge is 0.350 e. The number of aryl methyl sites for hydroxylation is 1. The van der Waals surface area contributed by atoms with Gasteiger partial charge in [-0.25, -0.2) is 9.67 Å². The number of hydrogen-bond acceptors (Lipinski definition) is 3. The minimum atomic E-state index is -4.50. The molecule has 0 aliphatic rings. The average molecular weight is 413 g/mol. The van der Waals surface area contributed by atoms with Gasteiger partial charge in [0.05, 0.1) is 16.7 Å². The molecule has 6 nitrogen and oxygen atoms in total. The first-order chi connectivity index (χ1) is 14.3. The van der Waals surface area contributed by atoms with E-state index in [1.54, 1.807) is 24.3 Å². The zero-order valence-corrected chi connectivity index (χ0v) is 16.0. The zero-order chi connectivity index (χ0) is 21.3. The van der Waals surface area contributed by atoms with E-state index in [0.717, 1.165) is 27.6 Å². The lowest BCUT2D eigenvalue weighted by atomic mass is 10.2. The summed E-state index contributed by atoms with van der Waals surface area (Å²) in [7, 11) is 0. The van der Waals surface area contributed by atoms with Gasteiger partial charge in [0.2, 0.25) is 0 Å². The van der Waals surface area contributed by atoms with Crippen LogP contribution in [0.3, 0.4) is 0 Å². The Morgan fingerprint density at radius 3 is 2.50 bits per heavy atom. The molecule has 0 fully saturated rings. The molecule has 1 N–H and O–H groups in total. The van der Waals surface area contributed by atoms with Gasteiger partial charge in [-0.1, -0.05) is 12.1 Å². The first-order valence-corrected chi connectivity index (χ1v) is 9.26. The van der Waals surface area contributed by atoms with Gasteiger partial charge in [0, 0.05) is 24.8 Å². The summed E-state index contributed by atoms with van der Waals surface area (Å²) < 4.78 is 41.2. The quantitative estimate of drug-likeness (QED) is 0.538. The molecule has 30 heavy (non-hydrogen) atoms. The summed E-state index contributed by atoms with van der Waals surface area (Å²) >= 11 is 0. The maximum absolute atomic E-state index is 12.7. The first kappa shape index (κ1) is 19.7.